The van der Waals surface area contributed by atoms with Gasteiger partial charge < -0.3 is 9.30 Å². The molecule has 0 radical (unpaired) electrons. The zero-order chi connectivity index (χ0) is 26.8. The van der Waals surface area contributed by atoms with Crippen LogP contribution in [0, 0.1) is 11.8 Å². The number of fused-ring (bicyclic) bond motifs is 1. The van der Waals surface area contributed by atoms with Gasteiger partial charge in [0.2, 0.25) is 11.8 Å². The lowest BCUT2D eigenvalue weighted by molar-refractivity contribution is 0.0435. The molecule has 0 aromatic carbocycles. The van der Waals surface area contributed by atoms with Crippen LogP contribution in [0.5, 0.6) is 0 Å². The Morgan fingerprint density at radius 2 is 2.03 bits per heavy atom. The third-order valence-electron chi connectivity index (χ3n) is 7.22. The van der Waals surface area contributed by atoms with Gasteiger partial charge in [-0.1, -0.05) is 36.5 Å². The second-order valence-electron chi connectivity index (χ2n) is 9.82. The van der Waals surface area contributed by atoms with Crippen LogP contribution in [-0.4, -0.2) is 50.1 Å². The Labute approximate surface area is 225 Å². The minimum absolute atomic E-state index is 0.0905. The molecule has 1 N–H and O–H groups in total. The van der Waals surface area contributed by atoms with Crippen molar-refractivity contribution < 1.29 is 14.1 Å². The average molecular weight is 542 g/mol. The van der Waals surface area contributed by atoms with Gasteiger partial charge in [0.15, 0.2) is 0 Å². The summed E-state index contributed by atoms with van der Waals surface area (Å²) in [6.45, 7) is 7.10. The topological polar surface area (TPSA) is 124 Å². The minimum Gasteiger partial charge on any atom is -0.362 e. The second-order valence-corrected chi connectivity index (χ2v) is 10.3. The van der Waals surface area contributed by atoms with Crippen LogP contribution in [0.2, 0.25) is 5.02 Å². The Kier molecular flexibility index (Phi) is 7.78. The van der Waals surface area contributed by atoms with E-state index in [0.29, 0.717) is 46.0 Å². The predicted octanol–water partition coefficient (Wildman–Crippen LogP) is 5.24. The van der Waals surface area contributed by atoms with E-state index in [4.69, 9.17) is 35.7 Å². The number of methoxy groups -OCH3 is 1. The number of nitrogens with one attached hydrogen (secondary N) is 1. The fraction of sp³-hybridized carbons (Fsp3) is 0.500. The monoisotopic (exact) mass is 541 g/mol. The number of hydroxylamine groups is 1. The lowest BCUT2D eigenvalue weighted by atomic mass is 9.79. The van der Waals surface area contributed by atoms with Crippen molar-refractivity contribution in [2.24, 2.45) is 11.8 Å². The van der Waals surface area contributed by atoms with Crippen LogP contribution in [0.4, 0.5) is 5.95 Å². The van der Waals surface area contributed by atoms with Gasteiger partial charge in [-0.05, 0) is 50.7 Å². The normalized spacial score (nSPS) is 18.7. The quantitative estimate of drug-likeness (QED) is 0.224. The largest absolute Gasteiger partial charge is 0.439 e. The molecule has 12 heteroatoms. The molecule has 4 aromatic heterocycles. The third-order valence-corrected chi connectivity index (χ3v) is 7.42. The molecule has 0 spiro atoms. The number of aromatic nitrogens is 6. The second kappa shape index (κ2) is 11.2. The van der Waals surface area contributed by atoms with Crippen LogP contribution in [-0.2, 0) is 9.57 Å². The molecule has 202 valence electrons. The first-order valence-corrected chi connectivity index (χ1v) is 13.3. The summed E-state index contributed by atoms with van der Waals surface area (Å²) in [6.07, 6.45) is 7.92. The first-order valence-electron chi connectivity index (χ1n) is 12.9. The van der Waals surface area contributed by atoms with E-state index in [2.05, 4.69) is 33.5 Å². The molecule has 0 bridgehead atoms. The molecule has 1 saturated carbocycles. The number of hydrogen-bond acceptors (Lipinski definition) is 9. The van der Waals surface area contributed by atoms with E-state index in [1.54, 1.807) is 30.6 Å². The molecular weight excluding hydrogens is 510 g/mol. The highest BCUT2D eigenvalue weighted by Crippen LogP contribution is 2.42. The number of hydrogen-bond donors (Lipinski definition) is 1. The number of halogens is 1. The Balaban J connectivity index is 1.79. The van der Waals surface area contributed by atoms with Crippen molar-refractivity contribution in [3.05, 3.63) is 40.1 Å². The van der Waals surface area contributed by atoms with Gasteiger partial charge in [0.1, 0.15) is 12.4 Å². The first-order chi connectivity index (χ1) is 18.4. The van der Waals surface area contributed by atoms with Gasteiger partial charge in [0.25, 0.3) is 0 Å². The summed E-state index contributed by atoms with van der Waals surface area (Å²) < 4.78 is 12.4. The molecule has 38 heavy (non-hydrogen) atoms. The van der Waals surface area contributed by atoms with Gasteiger partial charge in [0.05, 0.1) is 28.4 Å². The van der Waals surface area contributed by atoms with Crippen LogP contribution in [0.3, 0.4) is 0 Å². The molecule has 0 amide bonds. The summed E-state index contributed by atoms with van der Waals surface area (Å²) in [5.41, 5.74) is 3.19. The van der Waals surface area contributed by atoms with Crippen molar-refractivity contribution in [3.63, 3.8) is 0 Å². The summed E-state index contributed by atoms with van der Waals surface area (Å²) >= 11 is 6.35. The van der Waals surface area contributed by atoms with Gasteiger partial charge >= 0.3 is 5.76 Å². The Morgan fingerprint density at radius 1 is 1.24 bits per heavy atom. The number of aromatic amines is 1. The highest BCUT2D eigenvalue weighted by atomic mass is 35.5. The van der Waals surface area contributed by atoms with Crippen LogP contribution < -0.4 is 10.8 Å². The van der Waals surface area contributed by atoms with Gasteiger partial charge in [0, 0.05) is 31.1 Å². The number of H-pyrrole nitrogens is 1. The van der Waals surface area contributed by atoms with Gasteiger partial charge in [-0.15, -0.1) is 0 Å². The summed E-state index contributed by atoms with van der Waals surface area (Å²) in [6, 6.07) is 3.69. The molecule has 0 aliphatic heterocycles. The maximum Gasteiger partial charge on any atom is 0.439 e. The summed E-state index contributed by atoms with van der Waals surface area (Å²) in [4.78, 5) is 34.5. The number of pyridine rings is 2. The van der Waals surface area contributed by atoms with Gasteiger partial charge in [-0.25, -0.2) is 14.8 Å². The van der Waals surface area contributed by atoms with Gasteiger partial charge in [-0.3, -0.25) is 19.3 Å². The van der Waals surface area contributed by atoms with Crippen molar-refractivity contribution >= 4 is 28.6 Å². The highest BCUT2D eigenvalue weighted by Gasteiger charge is 2.31. The van der Waals surface area contributed by atoms with E-state index in [-0.39, 0.29) is 18.6 Å². The Morgan fingerprint density at radius 3 is 2.68 bits per heavy atom. The van der Waals surface area contributed by atoms with Crippen molar-refractivity contribution in [3.8, 4) is 22.8 Å². The standard InChI is InChI=1S/C26H32ClN7O4/c1-5-37-33(14-36-4)25-30-20-11-21(24-31-26(35)38-32-24)29-22(18-10-19(27)13-28-12-18)23(20)34(25)16(3)17-8-6-15(2)7-9-17/h10-13,15-17H,5-9,14H2,1-4H3,(H,31,32,35)/t15-,16?,17-. The van der Waals surface area contributed by atoms with Crippen molar-refractivity contribution in [1.82, 2.24) is 29.7 Å². The van der Waals surface area contributed by atoms with E-state index in [1.807, 2.05) is 13.0 Å². The molecule has 1 fully saturated rings. The maximum absolute atomic E-state index is 11.7. The molecule has 4 heterocycles. The molecule has 4 aromatic rings. The highest BCUT2D eigenvalue weighted by molar-refractivity contribution is 6.30. The summed E-state index contributed by atoms with van der Waals surface area (Å²) in [5, 5.41) is 5.99. The number of anilines is 1. The van der Waals surface area contributed by atoms with E-state index in [0.717, 1.165) is 24.3 Å². The molecule has 1 aliphatic rings. The van der Waals surface area contributed by atoms with Crippen LogP contribution in [0.25, 0.3) is 33.8 Å². The lowest BCUT2D eigenvalue weighted by Crippen LogP contribution is -2.31. The van der Waals surface area contributed by atoms with E-state index < -0.39 is 5.76 Å². The third kappa shape index (κ3) is 5.18. The zero-order valence-electron chi connectivity index (χ0n) is 22.0. The Hall–Kier alpha value is -3.28. The van der Waals surface area contributed by atoms with Crippen molar-refractivity contribution in [2.45, 2.75) is 52.5 Å². The lowest BCUT2D eigenvalue weighted by Gasteiger charge is -2.34. The maximum atomic E-state index is 11.7. The molecule has 1 atom stereocenters. The average Bonchev–Trinajstić information content (AvgIpc) is 3.52. The van der Waals surface area contributed by atoms with E-state index >= 15 is 0 Å². The zero-order valence-corrected chi connectivity index (χ0v) is 22.7. The minimum atomic E-state index is -0.665. The predicted molar refractivity (Wildman–Crippen MR) is 144 cm³/mol. The molecule has 5 rings (SSSR count). The fourth-order valence-corrected chi connectivity index (χ4v) is 5.45. The molecule has 1 unspecified atom stereocenters. The van der Waals surface area contributed by atoms with Gasteiger partial charge in [-0.2, -0.15) is 5.06 Å². The molecule has 11 nitrogen and oxygen atoms in total. The molecular formula is C26H32ClN7O4. The summed E-state index contributed by atoms with van der Waals surface area (Å²) in [5.74, 6) is 1.33. The van der Waals surface area contributed by atoms with E-state index in [9.17, 15) is 4.79 Å². The SMILES string of the molecule is CCON(COC)c1nc2cc(-c3noc(=O)[nH]3)nc(-c3cncc(Cl)c3)c2n1C(C)[C@H]1CC[C@H](C)CC1. The van der Waals surface area contributed by atoms with Crippen LogP contribution in [0.15, 0.2) is 33.8 Å². The number of nitrogens with zero attached hydrogens (tertiary/aromatic N) is 6. The smallest absolute Gasteiger partial charge is 0.362 e. The van der Waals surface area contributed by atoms with E-state index in [1.165, 1.54) is 12.8 Å². The fourth-order valence-electron chi connectivity index (χ4n) is 5.28. The molecule has 0 saturated heterocycles. The molecule has 1 aliphatic carbocycles. The number of rotatable bonds is 9. The van der Waals surface area contributed by atoms with Crippen molar-refractivity contribution in [1.29, 1.82) is 0 Å². The van der Waals surface area contributed by atoms with Crippen LogP contribution in [0.1, 0.15) is 52.5 Å². The summed E-state index contributed by atoms with van der Waals surface area (Å²) in [7, 11) is 1.62. The van der Waals surface area contributed by atoms with Crippen LogP contribution >= 0.6 is 11.6 Å². The number of imidazole rings is 1. The van der Waals surface area contributed by atoms with Crippen molar-refractivity contribution in [2.75, 3.05) is 25.5 Å². The Bertz CT molecular complexity index is 1450. The first kappa shape index (κ1) is 26.3. The number of ether oxygens (including phenoxy) is 1.